The highest BCUT2D eigenvalue weighted by Gasteiger charge is 2.11. The minimum absolute atomic E-state index is 0.0160. The molecule has 2 aromatic heterocycles. The number of fused-ring (bicyclic) bond motifs is 2. The maximum atomic E-state index is 12.4. The Balaban J connectivity index is 1.53. The van der Waals surface area contributed by atoms with Gasteiger partial charge in [0.25, 0.3) is 0 Å². The Kier molecular flexibility index (Phi) is 4.01. The first-order valence-electron chi connectivity index (χ1n) is 8.35. The van der Waals surface area contributed by atoms with Crippen LogP contribution in [0.5, 0.6) is 0 Å². The molecule has 25 heavy (non-hydrogen) atoms. The number of nitrogens with one attached hydrogen (secondary N) is 2. The van der Waals surface area contributed by atoms with Crippen molar-refractivity contribution in [3.63, 3.8) is 0 Å². The van der Waals surface area contributed by atoms with Crippen LogP contribution in [0.3, 0.4) is 0 Å². The van der Waals surface area contributed by atoms with Crippen molar-refractivity contribution >= 4 is 44.1 Å². The van der Waals surface area contributed by atoms with Crippen molar-refractivity contribution in [2.45, 2.75) is 26.2 Å². The van der Waals surface area contributed by atoms with Gasteiger partial charge in [-0.1, -0.05) is 32.0 Å². The lowest BCUT2D eigenvalue weighted by molar-refractivity contribution is -0.115. The fourth-order valence-corrected chi connectivity index (χ4v) is 3.93. The average Bonchev–Trinajstić information content (AvgIpc) is 3.19. The predicted molar refractivity (Wildman–Crippen MR) is 104 cm³/mol. The van der Waals surface area contributed by atoms with Gasteiger partial charge in [0.15, 0.2) is 0 Å². The first kappa shape index (κ1) is 15.8. The number of amides is 1. The SMILES string of the molecule is CC(C)c1nc2ccc(NC(=O)Cc3c[nH]c4ccccc34)cc2s1. The quantitative estimate of drug-likeness (QED) is 0.539. The summed E-state index contributed by atoms with van der Waals surface area (Å²) in [7, 11) is 0. The molecule has 0 bridgehead atoms. The number of rotatable bonds is 4. The van der Waals surface area contributed by atoms with E-state index in [0.717, 1.165) is 37.4 Å². The van der Waals surface area contributed by atoms with Crippen LogP contribution in [0.4, 0.5) is 5.69 Å². The minimum atomic E-state index is -0.0160. The summed E-state index contributed by atoms with van der Waals surface area (Å²) in [5, 5.41) is 5.22. The number of benzene rings is 2. The van der Waals surface area contributed by atoms with Gasteiger partial charge in [0, 0.05) is 28.7 Å². The van der Waals surface area contributed by atoms with Crippen LogP contribution < -0.4 is 5.32 Å². The number of H-pyrrole nitrogens is 1. The second-order valence-electron chi connectivity index (χ2n) is 6.47. The van der Waals surface area contributed by atoms with E-state index in [2.05, 4.69) is 29.1 Å². The molecule has 4 nitrogen and oxygen atoms in total. The molecule has 0 aliphatic carbocycles. The molecule has 5 heteroatoms. The fraction of sp³-hybridized carbons (Fsp3) is 0.200. The summed E-state index contributed by atoms with van der Waals surface area (Å²) >= 11 is 1.69. The molecule has 4 aromatic rings. The standard InChI is InChI=1S/C20H19N3OS/c1-12(2)20-23-17-8-7-14(10-18(17)25-20)22-19(24)9-13-11-21-16-6-4-3-5-15(13)16/h3-8,10-12,21H,9H2,1-2H3,(H,22,24). The number of aromatic nitrogens is 2. The molecule has 0 saturated heterocycles. The Labute approximate surface area is 149 Å². The maximum Gasteiger partial charge on any atom is 0.228 e. The summed E-state index contributed by atoms with van der Waals surface area (Å²) in [6.07, 6.45) is 2.26. The Morgan fingerprint density at radius 1 is 1.24 bits per heavy atom. The lowest BCUT2D eigenvalue weighted by Crippen LogP contribution is -2.14. The maximum absolute atomic E-state index is 12.4. The second-order valence-corrected chi connectivity index (χ2v) is 7.54. The summed E-state index contributed by atoms with van der Waals surface area (Å²) in [5.74, 6) is 0.398. The highest BCUT2D eigenvalue weighted by Crippen LogP contribution is 2.29. The first-order chi connectivity index (χ1) is 12.1. The van der Waals surface area contributed by atoms with Gasteiger partial charge in [-0.2, -0.15) is 0 Å². The molecule has 2 heterocycles. The van der Waals surface area contributed by atoms with Crippen LogP contribution in [0.25, 0.3) is 21.1 Å². The molecule has 0 aliphatic rings. The van der Waals surface area contributed by atoms with Crippen LogP contribution in [0.15, 0.2) is 48.7 Å². The van der Waals surface area contributed by atoms with Crippen molar-refractivity contribution in [1.82, 2.24) is 9.97 Å². The van der Waals surface area contributed by atoms with E-state index in [1.165, 1.54) is 0 Å². The van der Waals surface area contributed by atoms with E-state index in [9.17, 15) is 4.79 Å². The molecule has 0 atom stereocenters. The van der Waals surface area contributed by atoms with Crippen molar-refractivity contribution in [2.75, 3.05) is 5.32 Å². The third-order valence-corrected chi connectivity index (χ3v) is 5.53. The smallest absolute Gasteiger partial charge is 0.228 e. The Morgan fingerprint density at radius 2 is 2.08 bits per heavy atom. The summed E-state index contributed by atoms with van der Waals surface area (Å²) < 4.78 is 1.11. The molecule has 1 amide bonds. The molecule has 0 fully saturated rings. The molecule has 126 valence electrons. The number of carbonyl (C=O) groups is 1. The van der Waals surface area contributed by atoms with Crippen LogP contribution in [-0.4, -0.2) is 15.9 Å². The first-order valence-corrected chi connectivity index (χ1v) is 9.17. The Hall–Kier alpha value is -2.66. The van der Waals surface area contributed by atoms with Crippen molar-refractivity contribution in [2.24, 2.45) is 0 Å². The molecule has 2 aromatic carbocycles. The van der Waals surface area contributed by atoms with Gasteiger partial charge in [0.05, 0.1) is 21.6 Å². The monoisotopic (exact) mass is 349 g/mol. The number of aromatic amines is 1. The molecule has 0 saturated carbocycles. The highest BCUT2D eigenvalue weighted by atomic mass is 32.1. The second kappa shape index (κ2) is 6.33. The van der Waals surface area contributed by atoms with Gasteiger partial charge >= 0.3 is 0 Å². The molecule has 0 unspecified atom stereocenters. The lowest BCUT2D eigenvalue weighted by atomic mass is 10.1. The highest BCUT2D eigenvalue weighted by molar-refractivity contribution is 7.18. The number of hydrogen-bond donors (Lipinski definition) is 2. The van der Waals surface area contributed by atoms with E-state index >= 15 is 0 Å². The van der Waals surface area contributed by atoms with Gasteiger partial charge in [-0.3, -0.25) is 4.79 Å². The number of thiazole rings is 1. The molecule has 4 rings (SSSR count). The zero-order valence-electron chi connectivity index (χ0n) is 14.2. The van der Waals surface area contributed by atoms with Crippen LogP contribution >= 0.6 is 11.3 Å². The Bertz CT molecular complexity index is 1060. The van der Waals surface area contributed by atoms with Crippen LogP contribution in [-0.2, 0) is 11.2 Å². The number of anilines is 1. The summed E-state index contributed by atoms with van der Waals surface area (Å²) in [6, 6.07) is 13.9. The number of hydrogen-bond acceptors (Lipinski definition) is 3. The summed E-state index contributed by atoms with van der Waals surface area (Å²) in [6.45, 7) is 4.28. The molecule has 0 radical (unpaired) electrons. The largest absolute Gasteiger partial charge is 0.361 e. The third kappa shape index (κ3) is 3.15. The number of para-hydroxylation sites is 1. The van der Waals surface area contributed by atoms with Crippen LogP contribution in [0.2, 0.25) is 0 Å². The lowest BCUT2D eigenvalue weighted by Gasteiger charge is -2.04. The summed E-state index contributed by atoms with van der Waals surface area (Å²) in [5.41, 5.74) is 3.87. The van der Waals surface area contributed by atoms with E-state index < -0.39 is 0 Å². The summed E-state index contributed by atoms with van der Waals surface area (Å²) in [4.78, 5) is 20.3. The molecular weight excluding hydrogens is 330 g/mol. The van der Waals surface area contributed by atoms with Gasteiger partial charge < -0.3 is 10.3 Å². The molecule has 0 aliphatic heterocycles. The normalized spacial score (nSPS) is 11.5. The fourth-order valence-electron chi connectivity index (χ4n) is 2.92. The third-order valence-electron chi connectivity index (χ3n) is 4.21. The van der Waals surface area contributed by atoms with Gasteiger partial charge in [-0.05, 0) is 29.8 Å². The zero-order valence-corrected chi connectivity index (χ0v) is 15.0. The van der Waals surface area contributed by atoms with Crippen molar-refractivity contribution < 1.29 is 4.79 Å². The van der Waals surface area contributed by atoms with E-state index in [1.54, 1.807) is 11.3 Å². The van der Waals surface area contributed by atoms with Crippen molar-refractivity contribution in [3.8, 4) is 0 Å². The minimum Gasteiger partial charge on any atom is -0.361 e. The van der Waals surface area contributed by atoms with Crippen molar-refractivity contribution in [1.29, 1.82) is 0 Å². The Morgan fingerprint density at radius 3 is 2.92 bits per heavy atom. The van der Waals surface area contributed by atoms with E-state index in [4.69, 9.17) is 0 Å². The number of carbonyl (C=O) groups excluding carboxylic acids is 1. The molecular formula is C20H19N3OS. The van der Waals surface area contributed by atoms with Crippen molar-refractivity contribution in [3.05, 3.63) is 59.2 Å². The van der Waals surface area contributed by atoms with Gasteiger partial charge in [0.2, 0.25) is 5.91 Å². The molecule has 0 spiro atoms. The van der Waals surface area contributed by atoms with E-state index in [0.29, 0.717) is 12.3 Å². The van der Waals surface area contributed by atoms with E-state index in [1.807, 2.05) is 48.7 Å². The average molecular weight is 349 g/mol. The van der Waals surface area contributed by atoms with Crippen LogP contribution in [0.1, 0.15) is 30.3 Å². The zero-order chi connectivity index (χ0) is 17.4. The van der Waals surface area contributed by atoms with Gasteiger partial charge in [0.1, 0.15) is 0 Å². The predicted octanol–water partition coefficient (Wildman–Crippen LogP) is 5.08. The topological polar surface area (TPSA) is 57.8 Å². The van der Waals surface area contributed by atoms with E-state index in [-0.39, 0.29) is 5.91 Å². The molecule has 2 N–H and O–H groups in total. The number of nitrogens with zero attached hydrogens (tertiary/aromatic N) is 1. The van der Waals surface area contributed by atoms with Gasteiger partial charge in [-0.25, -0.2) is 4.98 Å². The van der Waals surface area contributed by atoms with Crippen LogP contribution in [0, 0.1) is 0 Å². The van der Waals surface area contributed by atoms with Gasteiger partial charge in [-0.15, -0.1) is 11.3 Å².